The van der Waals surface area contributed by atoms with Crippen LogP contribution in [0.1, 0.15) is 82.3 Å². The Kier molecular flexibility index (Phi) is 24.9. The largest absolute Gasteiger partial charge is 0.459 e. The molecule has 8 aromatic rings. The Morgan fingerprint density at radius 3 is 1.08 bits per heavy atom. The summed E-state index contributed by atoms with van der Waals surface area (Å²) in [6.07, 6.45) is -21.5. The molecule has 3 fully saturated rings. The molecule has 3 saturated heterocycles. The minimum Gasteiger partial charge on any atom is -0.459 e. The van der Waals surface area contributed by atoms with Crippen LogP contribution in [0.3, 0.4) is 0 Å². The number of ether oxygens (including phenoxy) is 14. The Labute approximate surface area is 572 Å². The van der Waals surface area contributed by atoms with Gasteiger partial charge in [-0.05, 0) is 91.2 Å². The number of alkyl carbamates (subject to hydrolysis) is 1. The zero-order valence-corrected chi connectivity index (χ0v) is 54.2. The average Bonchev–Trinajstić information content (AvgIpc) is 0.766. The van der Waals surface area contributed by atoms with Crippen LogP contribution in [0, 0.1) is 0 Å². The van der Waals surface area contributed by atoms with Crippen LogP contribution in [-0.4, -0.2) is 148 Å². The summed E-state index contributed by atoms with van der Waals surface area (Å²) in [5, 5.41) is 2.69. The van der Waals surface area contributed by atoms with Crippen LogP contribution in [0.5, 0.6) is 0 Å². The highest BCUT2D eigenvalue weighted by atomic mass is 16.8. The molecule has 15 atom stereocenters. The molecule has 99 heavy (non-hydrogen) atoms. The number of nitrogens with one attached hydrogen (secondary N) is 1. The lowest BCUT2D eigenvalue weighted by molar-refractivity contribution is -0.377. The number of nitrogens with two attached hydrogens (primary N) is 1. The van der Waals surface area contributed by atoms with Crippen LogP contribution >= 0.6 is 0 Å². The summed E-state index contributed by atoms with van der Waals surface area (Å²) in [7, 11) is 0. The minimum absolute atomic E-state index is 0.00859. The first-order chi connectivity index (χ1) is 48.3. The summed E-state index contributed by atoms with van der Waals surface area (Å²) in [4.78, 5) is 85.5. The molecule has 3 heterocycles. The first kappa shape index (κ1) is 70.3. The topological polar surface area (TPSA) is 270 Å². The number of carbonyl (C=O) groups is 6. The zero-order chi connectivity index (χ0) is 68.9. The molecule has 3 aliphatic heterocycles. The highest BCUT2D eigenvalue weighted by Gasteiger charge is 2.58. The molecule has 22 nitrogen and oxygen atoms in total. The summed E-state index contributed by atoms with van der Waals surface area (Å²) in [6, 6.07) is 66.7. The van der Waals surface area contributed by atoms with Crippen LogP contribution in [0.15, 0.2) is 243 Å². The minimum atomic E-state index is -1.88. The first-order valence-electron chi connectivity index (χ1n) is 32.5. The summed E-state index contributed by atoms with van der Waals surface area (Å²) in [5.41, 5.74) is 10.00. The van der Waals surface area contributed by atoms with E-state index in [0.717, 1.165) is 11.1 Å². The van der Waals surface area contributed by atoms with Crippen molar-refractivity contribution in [1.82, 2.24) is 5.32 Å². The number of hydrogen-bond acceptors (Lipinski definition) is 21. The fraction of sp³-hybridized carbons (Fsp3) is 0.299. The van der Waals surface area contributed by atoms with Gasteiger partial charge in [0.25, 0.3) is 0 Å². The second-order valence-corrected chi connectivity index (χ2v) is 23.5. The third-order valence-electron chi connectivity index (χ3n) is 16.6. The van der Waals surface area contributed by atoms with E-state index in [1.165, 1.54) is 36.4 Å². The Bertz CT molecular complexity index is 3850. The van der Waals surface area contributed by atoms with E-state index in [9.17, 15) is 24.0 Å². The zero-order valence-electron chi connectivity index (χ0n) is 54.2. The standard InChI is InChI=1S/C77H76N2O20/c1-49-61(87-45-51-27-11-3-12-28-51)64(67(96-72(83)57-39-23-9-24-40-57)74(91-49)86-44-43-79-77(85)90-47-53-31-15-5-16-32-53)98-75-68(97-73(84)58-41-25-10-26-42-58)65(62(50(2)92-75)88-46-52-29-13-4-14-30-52)99-76-66(95-71(82)56-37-21-8-22-38-56)63(94-70(81)55-35-19-7-20-36-55)60(78)59(93-76)48-89-69(80)54-33-17-6-18-34-54/h3-42,49-50,59-68,74-76H,43-48,78H2,1-2H3,(H,79,85)/t49-,50-,59+,60+,61-,62-,63-,64+,65+,66+,67+,68+,74+,75-,76-/m0/s1. The molecule has 22 heteroatoms. The molecular weight excluding hydrogens is 1270 g/mol. The van der Waals surface area contributed by atoms with E-state index in [4.69, 9.17) is 72.0 Å². The summed E-state index contributed by atoms with van der Waals surface area (Å²) < 4.78 is 92.3. The van der Waals surface area contributed by atoms with Gasteiger partial charge in [0, 0.05) is 6.54 Å². The fourth-order valence-electron chi connectivity index (χ4n) is 11.5. The second kappa shape index (κ2) is 35.0. The van der Waals surface area contributed by atoms with E-state index in [1.807, 2.05) is 91.0 Å². The van der Waals surface area contributed by atoms with Crippen molar-refractivity contribution in [2.75, 3.05) is 19.8 Å². The molecule has 0 radical (unpaired) electrons. The molecule has 0 aromatic heterocycles. The summed E-state index contributed by atoms with van der Waals surface area (Å²) in [6.45, 7) is 2.44. The Hall–Kier alpha value is -9.98. The van der Waals surface area contributed by atoms with Gasteiger partial charge in [-0.25, -0.2) is 28.8 Å². The Morgan fingerprint density at radius 2 is 0.677 bits per heavy atom. The van der Waals surface area contributed by atoms with Crippen molar-refractivity contribution in [2.24, 2.45) is 5.73 Å². The molecule has 3 N–H and O–H groups in total. The fourth-order valence-corrected chi connectivity index (χ4v) is 11.5. The molecule has 0 aliphatic carbocycles. The van der Waals surface area contributed by atoms with E-state index < -0.39 is 135 Å². The Balaban J connectivity index is 1.01. The van der Waals surface area contributed by atoms with E-state index >= 15 is 4.79 Å². The van der Waals surface area contributed by atoms with E-state index in [0.29, 0.717) is 5.56 Å². The number of rotatable bonds is 27. The van der Waals surface area contributed by atoms with Gasteiger partial charge in [-0.2, -0.15) is 0 Å². The van der Waals surface area contributed by atoms with Gasteiger partial charge in [0.2, 0.25) is 0 Å². The highest BCUT2D eigenvalue weighted by molar-refractivity contribution is 5.92. The lowest BCUT2D eigenvalue weighted by Gasteiger charge is -2.50. The number of benzene rings is 8. The van der Waals surface area contributed by atoms with E-state index in [1.54, 1.807) is 129 Å². The molecule has 0 spiro atoms. The van der Waals surface area contributed by atoms with Crippen LogP contribution in [-0.2, 0) is 86.1 Å². The SMILES string of the molecule is C[C@@H]1O[C@@H](OCCNC(=O)OCc2ccccc2)[C@H](OC(=O)c2ccccc2)[C@H](O[C@@H]2O[C@@H](C)[C@H](OCc3ccccc3)[C@@H](O[C@@H]3O[C@H](COC(=O)c4ccccc4)[C@@H](N)[C@H](OC(=O)c4ccccc4)[C@H]3OC(=O)c3ccccc3)[C@H]2OC(=O)c2ccccc2)[C@H]1OCc1ccccc1. The predicted molar refractivity (Wildman–Crippen MR) is 355 cm³/mol. The van der Waals surface area contributed by atoms with Gasteiger partial charge in [-0.3, -0.25) is 0 Å². The number of esters is 5. The molecular formula is C77H76N2O20. The van der Waals surface area contributed by atoms with Crippen LogP contribution in [0.25, 0.3) is 0 Å². The van der Waals surface area contributed by atoms with Gasteiger partial charge in [0.15, 0.2) is 43.3 Å². The number of carbonyl (C=O) groups excluding carboxylic acids is 6. The van der Waals surface area contributed by atoms with Gasteiger partial charge in [0.1, 0.15) is 43.7 Å². The molecule has 8 aromatic carbocycles. The highest BCUT2D eigenvalue weighted by Crippen LogP contribution is 2.39. The predicted octanol–water partition coefficient (Wildman–Crippen LogP) is 10.2. The van der Waals surface area contributed by atoms with Crippen LogP contribution in [0.2, 0.25) is 0 Å². The van der Waals surface area contributed by atoms with E-state index in [-0.39, 0.29) is 60.8 Å². The summed E-state index contributed by atoms with van der Waals surface area (Å²) in [5.74, 6) is -4.25. The summed E-state index contributed by atoms with van der Waals surface area (Å²) >= 11 is 0. The van der Waals surface area contributed by atoms with Crippen molar-refractivity contribution in [3.05, 3.63) is 287 Å². The van der Waals surface area contributed by atoms with Crippen molar-refractivity contribution < 1.29 is 95.1 Å². The molecule has 0 bridgehead atoms. The van der Waals surface area contributed by atoms with Gasteiger partial charge in [-0.15, -0.1) is 0 Å². The molecule has 514 valence electrons. The van der Waals surface area contributed by atoms with Gasteiger partial charge in [-0.1, -0.05) is 182 Å². The molecule has 3 aliphatic rings. The van der Waals surface area contributed by atoms with Crippen LogP contribution < -0.4 is 11.1 Å². The average molecular weight is 1350 g/mol. The third kappa shape index (κ3) is 19.0. The first-order valence-corrected chi connectivity index (χ1v) is 32.5. The lowest BCUT2D eigenvalue weighted by Crippen LogP contribution is -2.68. The van der Waals surface area contributed by atoms with Gasteiger partial charge in [0.05, 0.1) is 65.9 Å². The number of hydrogen-bond donors (Lipinski definition) is 2. The number of amides is 1. The van der Waals surface area contributed by atoms with E-state index in [2.05, 4.69) is 5.32 Å². The van der Waals surface area contributed by atoms with Crippen LogP contribution in [0.4, 0.5) is 4.79 Å². The van der Waals surface area contributed by atoms with Crippen molar-refractivity contribution in [3.8, 4) is 0 Å². The second-order valence-electron chi connectivity index (χ2n) is 23.5. The van der Waals surface area contributed by atoms with Gasteiger partial charge < -0.3 is 77.4 Å². The molecule has 0 saturated carbocycles. The molecule has 11 rings (SSSR count). The van der Waals surface area contributed by atoms with Gasteiger partial charge >= 0.3 is 35.9 Å². The normalized spacial score (nSPS) is 25.0. The van der Waals surface area contributed by atoms with Crippen molar-refractivity contribution in [2.45, 2.75) is 126 Å². The van der Waals surface area contributed by atoms with Crippen molar-refractivity contribution >= 4 is 35.9 Å². The molecule has 1 amide bonds. The molecule has 0 unspecified atom stereocenters. The monoisotopic (exact) mass is 1350 g/mol. The maximum absolute atomic E-state index is 15.1. The quantitative estimate of drug-likeness (QED) is 0.0275. The third-order valence-corrected chi connectivity index (χ3v) is 16.6. The maximum Gasteiger partial charge on any atom is 0.407 e. The van der Waals surface area contributed by atoms with Crippen molar-refractivity contribution in [3.63, 3.8) is 0 Å². The maximum atomic E-state index is 15.1. The Morgan fingerprint density at radius 1 is 0.354 bits per heavy atom. The smallest absolute Gasteiger partial charge is 0.407 e. The van der Waals surface area contributed by atoms with Crippen molar-refractivity contribution in [1.29, 1.82) is 0 Å². The lowest BCUT2D eigenvalue weighted by atomic mass is 9.94.